The molecule has 0 aliphatic carbocycles. The molecule has 1 saturated heterocycles. The molecule has 1 amide bonds. The number of carbonyl (C=O) groups is 1. The minimum Gasteiger partial charge on any atom is -0.391 e. The molecule has 0 saturated carbocycles. The Morgan fingerprint density at radius 3 is 2.83 bits per heavy atom. The molecular weight excluding hydrogens is 228 g/mol. The summed E-state index contributed by atoms with van der Waals surface area (Å²) in [5.41, 5.74) is 7.02. The van der Waals surface area contributed by atoms with Gasteiger partial charge in [-0.05, 0) is 24.8 Å². The normalized spacial score (nSPS) is 21.7. The lowest BCUT2D eigenvalue weighted by Gasteiger charge is -2.32. The SMILES string of the molecule is N[C@H](Cc1ccccc1)C(=O)N1CCC[C@H](O)C1. The van der Waals surface area contributed by atoms with Crippen LogP contribution in [0.25, 0.3) is 0 Å². The highest BCUT2D eigenvalue weighted by Crippen LogP contribution is 2.12. The Balaban J connectivity index is 1.92. The van der Waals surface area contributed by atoms with Crippen LogP contribution in [0.4, 0.5) is 0 Å². The third-order valence-electron chi connectivity index (χ3n) is 3.32. The number of likely N-dealkylation sites (tertiary alicyclic amines) is 1. The molecule has 0 spiro atoms. The van der Waals surface area contributed by atoms with Gasteiger partial charge in [-0.1, -0.05) is 30.3 Å². The van der Waals surface area contributed by atoms with Crippen LogP contribution in [0.1, 0.15) is 18.4 Å². The van der Waals surface area contributed by atoms with E-state index in [9.17, 15) is 9.90 Å². The number of aliphatic hydroxyl groups is 1. The van der Waals surface area contributed by atoms with Gasteiger partial charge < -0.3 is 15.7 Å². The van der Waals surface area contributed by atoms with Crippen LogP contribution >= 0.6 is 0 Å². The number of β-amino-alcohol motifs (C(OH)–C–C–N with tert-alkyl or cyclic N) is 1. The maximum Gasteiger partial charge on any atom is 0.239 e. The molecule has 1 aromatic rings. The zero-order valence-corrected chi connectivity index (χ0v) is 10.5. The van der Waals surface area contributed by atoms with E-state index in [0.29, 0.717) is 19.5 Å². The van der Waals surface area contributed by atoms with Gasteiger partial charge in [-0.15, -0.1) is 0 Å². The molecule has 1 aliphatic rings. The van der Waals surface area contributed by atoms with Crippen molar-refractivity contribution in [3.8, 4) is 0 Å². The highest BCUT2D eigenvalue weighted by atomic mass is 16.3. The lowest BCUT2D eigenvalue weighted by molar-refractivity contribution is -0.135. The van der Waals surface area contributed by atoms with Crippen molar-refractivity contribution in [1.29, 1.82) is 0 Å². The monoisotopic (exact) mass is 248 g/mol. The van der Waals surface area contributed by atoms with E-state index in [1.165, 1.54) is 0 Å². The van der Waals surface area contributed by atoms with Gasteiger partial charge >= 0.3 is 0 Å². The fraction of sp³-hybridized carbons (Fsp3) is 0.500. The number of hydrogen-bond acceptors (Lipinski definition) is 3. The summed E-state index contributed by atoms with van der Waals surface area (Å²) in [5.74, 6) is -0.0578. The van der Waals surface area contributed by atoms with Crippen molar-refractivity contribution in [2.45, 2.75) is 31.4 Å². The van der Waals surface area contributed by atoms with Crippen LogP contribution < -0.4 is 5.73 Å². The van der Waals surface area contributed by atoms with Crippen LogP contribution in [0.15, 0.2) is 30.3 Å². The number of benzene rings is 1. The number of carbonyl (C=O) groups excluding carboxylic acids is 1. The van der Waals surface area contributed by atoms with E-state index >= 15 is 0 Å². The summed E-state index contributed by atoms with van der Waals surface area (Å²) in [5, 5.41) is 9.57. The minimum atomic E-state index is -0.516. The lowest BCUT2D eigenvalue weighted by Crippen LogP contribution is -2.50. The molecule has 18 heavy (non-hydrogen) atoms. The topological polar surface area (TPSA) is 66.6 Å². The van der Waals surface area contributed by atoms with Gasteiger partial charge in [-0.2, -0.15) is 0 Å². The molecule has 1 aromatic carbocycles. The van der Waals surface area contributed by atoms with E-state index in [1.807, 2.05) is 30.3 Å². The predicted octanol–water partition coefficient (Wildman–Crippen LogP) is 0.540. The van der Waals surface area contributed by atoms with E-state index in [4.69, 9.17) is 5.73 Å². The predicted molar refractivity (Wildman–Crippen MR) is 69.9 cm³/mol. The van der Waals surface area contributed by atoms with Gasteiger partial charge in [0, 0.05) is 13.1 Å². The molecule has 2 rings (SSSR count). The molecule has 98 valence electrons. The van der Waals surface area contributed by atoms with Crippen LogP contribution in [0.3, 0.4) is 0 Å². The fourth-order valence-electron chi connectivity index (χ4n) is 2.34. The van der Waals surface area contributed by atoms with Crippen molar-refractivity contribution in [3.05, 3.63) is 35.9 Å². The Bertz CT molecular complexity index is 394. The molecule has 2 atom stereocenters. The van der Waals surface area contributed by atoms with E-state index < -0.39 is 12.1 Å². The Kier molecular flexibility index (Phi) is 4.33. The Morgan fingerprint density at radius 1 is 1.44 bits per heavy atom. The van der Waals surface area contributed by atoms with Gasteiger partial charge in [0.2, 0.25) is 5.91 Å². The van der Waals surface area contributed by atoms with E-state index in [2.05, 4.69) is 0 Å². The van der Waals surface area contributed by atoms with Crippen molar-refractivity contribution in [2.75, 3.05) is 13.1 Å². The summed E-state index contributed by atoms with van der Waals surface area (Å²) in [4.78, 5) is 13.8. The van der Waals surface area contributed by atoms with Crippen molar-refractivity contribution in [2.24, 2.45) is 5.73 Å². The Labute approximate surface area is 107 Å². The average molecular weight is 248 g/mol. The summed E-state index contributed by atoms with van der Waals surface area (Å²) in [6.07, 6.45) is 1.78. The molecule has 4 nitrogen and oxygen atoms in total. The molecule has 3 N–H and O–H groups in total. The molecule has 0 unspecified atom stereocenters. The first kappa shape index (κ1) is 13.1. The number of aliphatic hydroxyl groups excluding tert-OH is 1. The highest BCUT2D eigenvalue weighted by Gasteiger charge is 2.25. The highest BCUT2D eigenvalue weighted by molar-refractivity contribution is 5.82. The number of nitrogens with two attached hydrogens (primary N) is 1. The Morgan fingerprint density at radius 2 is 2.17 bits per heavy atom. The van der Waals surface area contributed by atoms with Crippen LogP contribution in [0.5, 0.6) is 0 Å². The Hall–Kier alpha value is -1.39. The lowest BCUT2D eigenvalue weighted by atomic mass is 10.0. The second-order valence-electron chi connectivity index (χ2n) is 4.88. The average Bonchev–Trinajstić information content (AvgIpc) is 2.39. The summed E-state index contributed by atoms with van der Waals surface area (Å²) < 4.78 is 0. The van der Waals surface area contributed by atoms with Crippen molar-refractivity contribution < 1.29 is 9.90 Å². The van der Waals surface area contributed by atoms with E-state index in [0.717, 1.165) is 18.4 Å². The van der Waals surface area contributed by atoms with Gasteiger partial charge in [0.05, 0.1) is 12.1 Å². The fourth-order valence-corrected chi connectivity index (χ4v) is 2.34. The minimum absolute atomic E-state index is 0.0578. The first-order valence-electron chi connectivity index (χ1n) is 6.43. The van der Waals surface area contributed by atoms with Gasteiger partial charge in [0.15, 0.2) is 0 Å². The molecule has 0 bridgehead atoms. The van der Waals surface area contributed by atoms with Crippen molar-refractivity contribution in [1.82, 2.24) is 4.90 Å². The van der Waals surface area contributed by atoms with Crippen molar-refractivity contribution in [3.63, 3.8) is 0 Å². The van der Waals surface area contributed by atoms with Crippen molar-refractivity contribution >= 4 is 5.91 Å². The quantitative estimate of drug-likeness (QED) is 0.820. The molecule has 1 aliphatic heterocycles. The summed E-state index contributed by atoms with van der Waals surface area (Å²) in [6, 6.07) is 9.25. The maximum absolute atomic E-state index is 12.1. The number of hydrogen-bond donors (Lipinski definition) is 2. The second kappa shape index (κ2) is 5.98. The molecule has 0 radical (unpaired) electrons. The van der Waals surface area contributed by atoms with Gasteiger partial charge in [0.25, 0.3) is 0 Å². The summed E-state index contributed by atoms with van der Waals surface area (Å²) in [6.45, 7) is 1.12. The van der Waals surface area contributed by atoms with Crippen LogP contribution in [0, 0.1) is 0 Å². The molecular formula is C14H20N2O2. The number of nitrogens with zero attached hydrogens (tertiary/aromatic N) is 1. The van der Waals surface area contributed by atoms with Crippen LogP contribution in [0.2, 0.25) is 0 Å². The molecule has 1 heterocycles. The first-order chi connectivity index (χ1) is 8.66. The largest absolute Gasteiger partial charge is 0.391 e. The summed E-state index contributed by atoms with van der Waals surface area (Å²) >= 11 is 0. The van der Waals surface area contributed by atoms with Gasteiger partial charge in [-0.3, -0.25) is 4.79 Å². The van der Waals surface area contributed by atoms with E-state index in [1.54, 1.807) is 4.90 Å². The van der Waals surface area contributed by atoms with E-state index in [-0.39, 0.29) is 5.91 Å². The zero-order chi connectivity index (χ0) is 13.0. The number of piperidine rings is 1. The smallest absolute Gasteiger partial charge is 0.239 e. The molecule has 0 aromatic heterocycles. The molecule has 1 fully saturated rings. The first-order valence-corrected chi connectivity index (χ1v) is 6.43. The standard InChI is InChI=1S/C14H20N2O2/c15-13(9-11-5-2-1-3-6-11)14(18)16-8-4-7-12(17)10-16/h1-3,5-6,12-13,17H,4,7-10,15H2/t12-,13+/m0/s1. The van der Waals surface area contributed by atoms with Gasteiger partial charge in [-0.25, -0.2) is 0 Å². The van der Waals surface area contributed by atoms with Crippen LogP contribution in [-0.4, -0.2) is 41.1 Å². The third-order valence-corrected chi connectivity index (χ3v) is 3.32. The third kappa shape index (κ3) is 3.31. The second-order valence-corrected chi connectivity index (χ2v) is 4.88. The number of rotatable bonds is 3. The summed E-state index contributed by atoms with van der Waals surface area (Å²) in [7, 11) is 0. The van der Waals surface area contributed by atoms with Gasteiger partial charge in [0.1, 0.15) is 0 Å². The van der Waals surface area contributed by atoms with Crippen LogP contribution in [-0.2, 0) is 11.2 Å². The number of amides is 1. The maximum atomic E-state index is 12.1. The zero-order valence-electron chi connectivity index (χ0n) is 10.5. The molecule has 4 heteroatoms.